The molecule has 0 saturated heterocycles. The van der Waals surface area contributed by atoms with E-state index in [1.54, 1.807) is 24.3 Å². The van der Waals surface area contributed by atoms with Crippen molar-refractivity contribution in [1.29, 1.82) is 0 Å². The van der Waals surface area contributed by atoms with Gasteiger partial charge in [-0.05, 0) is 43.7 Å². The second-order valence-electron chi connectivity index (χ2n) is 7.48. The summed E-state index contributed by atoms with van der Waals surface area (Å²) in [6.45, 7) is 3.44. The summed E-state index contributed by atoms with van der Waals surface area (Å²) in [5.41, 5.74) is 5.08. The van der Waals surface area contributed by atoms with E-state index in [1.807, 2.05) is 62.4 Å². The molecule has 0 aliphatic heterocycles. The minimum Gasteiger partial charge on any atom is -0.452 e. The summed E-state index contributed by atoms with van der Waals surface area (Å²) < 4.78 is 5.38. The van der Waals surface area contributed by atoms with Crippen molar-refractivity contribution >= 4 is 40.1 Å². The van der Waals surface area contributed by atoms with Crippen molar-refractivity contribution in [2.75, 3.05) is 11.9 Å². The summed E-state index contributed by atoms with van der Waals surface area (Å²) in [5, 5.41) is 3.85. The first-order valence-electron chi connectivity index (χ1n) is 10.1. The van der Waals surface area contributed by atoms with Gasteiger partial charge in [0, 0.05) is 21.7 Å². The zero-order chi connectivity index (χ0) is 22.7. The van der Waals surface area contributed by atoms with Gasteiger partial charge in [-0.15, -0.1) is 0 Å². The Morgan fingerprint density at radius 1 is 0.969 bits per heavy atom. The Labute approximate surface area is 191 Å². The van der Waals surface area contributed by atoms with Gasteiger partial charge < -0.3 is 10.1 Å². The van der Waals surface area contributed by atoms with Crippen molar-refractivity contribution in [1.82, 2.24) is 4.98 Å². The van der Waals surface area contributed by atoms with Gasteiger partial charge in [-0.25, -0.2) is 9.78 Å². The average molecular weight is 445 g/mol. The van der Waals surface area contributed by atoms with Crippen LogP contribution in [0.5, 0.6) is 0 Å². The number of carbonyl (C=O) groups excluding carboxylic acids is 2. The number of rotatable bonds is 5. The number of esters is 1. The molecule has 0 spiro atoms. The number of aromatic nitrogens is 1. The number of nitrogens with one attached hydrogen (secondary N) is 1. The van der Waals surface area contributed by atoms with E-state index in [9.17, 15) is 9.59 Å². The van der Waals surface area contributed by atoms with Crippen LogP contribution in [0.1, 0.15) is 21.5 Å². The minimum atomic E-state index is -0.573. The van der Waals surface area contributed by atoms with E-state index in [-0.39, 0.29) is 0 Å². The maximum atomic E-state index is 13.1. The molecule has 0 radical (unpaired) electrons. The highest BCUT2D eigenvalue weighted by Crippen LogP contribution is 2.30. The number of nitrogens with zero attached hydrogens (tertiary/aromatic N) is 1. The second kappa shape index (κ2) is 9.20. The predicted octanol–water partition coefficient (Wildman–Crippen LogP) is 5.97. The topological polar surface area (TPSA) is 68.3 Å². The maximum absolute atomic E-state index is 13.1. The first kappa shape index (κ1) is 21.5. The molecular formula is C26H21ClN2O3. The van der Waals surface area contributed by atoms with Crippen LogP contribution < -0.4 is 5.32 Å². The average Bonchev–Trinajstić information content (AvgIpc) is 2.78. The third-order valence-electron chi connectivity index (χ3n) is 5.11. The second-order valence-corrected chi connectivity index (χ2v) is 7.91. The molecule has 1 N–H and O–H groups in total. The van der Waals surface area contributed by atoms with Crippen molar-refractivity contribution in [2.45, 2.75) is 13.8 Å². The summed E-state index contributed by atoms with van der Waals surface area (Å²) >= 11 is 5.94. The number of halogens is 1. The Bertz CT molecular complexity index is 1320. The largest absolute Gasteiger partial charge is 0.452 e. The van der Waals surface area contributed by atoms with Crippen LogP contribution >= 0.6 is 11.6 Å². The molecule has 4 rings (SSSR count). The van der Waals surface area contributed by atoms with Crippen LogP contribution in [0.4, 0.5) is 5.69 Å². The van der Waals surface area contributed by atoms with Crippen molar-refractivity contribution in [2.24, 2.45) is 0 Å². The molecule has 0 bridgehead atoms. The lowest BCUT2D eigenvalue weighted by molar-refractivity contribution is -0.119. The minimum absolute atomic E-state index is 0.404. The molecular weight excluding hydrogens is 424 g/mol. The highest BCUT2D eigenvalue weighted by molar-refractivity contribution is 6.30. The summed E-state index contributed by atoms with van der Waals surface area (Å²) in [4.78, 5) is 30.1. The van der Waals surface area contributed by atoms with E-state index in [0.717, 1.165) is 11.1 Å². The summed E-state index contributed by atoms with van der Waals surface area (Å²) in [5.74, 6) is -1.02. The van der Waals surface area contributed by atoms with E-state index >= 15 is 0 Å². The Kier molecular flexibility index (Phi) is 6.19. The molecule has 0 aliphatic carbocycles. The summed E-state index contributed by atoms with van der Waals surface area (Å²) in [7, 11) is 0. The van der Waals surface area contributed by atoms with Gasteiger partial charge in [-0.3, -0.25) is 4.79 Å². The van der Waals surface area contributed by atoms with Gasteiger partial charge in [0.15, 0.2) is 6.61 Å². The van der Waals surface area contributed by atoms with E-state index in [4.69, 9.17) is 21.3 Å². The Balaban J connectivity index is 1.62. The quantitative estimate of drug-likeness (QED) is 0.385. The van der Waals surface area contributed by atoms with Crippen molar-refractivity contribution in [3.8, 4) is 11.3 Å². The van der Waals surface area contributed by atoms with E-state index in [2.05, 4.69) is 5.32 Å². The molecule has 160 valence electrons. The number of hydrogen-bond donors (Lipinski definition) is 1. The van der Waals surface area contributed by atoms with Crippen LogP contribution in [-0.4, -0.2) is 23.5 Å². The van der Waals surface area contributed by atoms with Crippen LogP contribution in [0, 0.1) is 13.8 Å². The van der Waals surface area contributed by atoms with Gasteiger partial charge in [0.2, 0.25) is 0 Å². The zero-order valence-corrected chi connectivity index (χ0v) is 18.4. The van der Waals surface area contributed by atoms with Crippen molar-refractivity contribution in [3.05, 3.63) is 94.5 Å². The Morgan fingerprint density at radius 2 is 1.72 bits per heavy atom. The van der Waals surface area contributed by atoms with Gasteiger partial charge in [-0.1, -0.05) is 65.7 Å². The molecule has 0 unspecified atom stereocenters. The fourth-order valence-corrected chi connectivity index (χ4v) is 3.72. The fourth-order valence-electron chi connectivity index (χ4n) is 3.53. The van der Waals surface area contributed by atoms with E-state index in [0.29, 0.717) is 38.4 Å². The number of benzene rings is 3. The number of anilines is 1. The maximum Gasteiger partial charge on any atom is 0.339 e. The highest BCUT2D eigenvalue weighted by Gasteiger charge is 2.21. The van der Waals surface area contributed by atoms with Crippen LogP contribution in [0.25, 0.3) is 22.2 Å². The molecule has 3 aromatic carbocycles. The summed E-state index contributed by atoms with van der Waals surface area (Å²) in [6.07, 6.45) is 0. The molecule has 6 heteroatoms. The SMILES string of the molecule is Cc1ccc(-c2nc3ccccc3c(C(=O)OCC(=O)Nc3cccc(Cl)c3)c2C)cc1. The molecule has 0 fully saturated rings. The smallest absolute Gasteiger partial charge is 0.339 e. The number of ether oxygens (including phenoxy) is 1. The first-order valence-corrected chi connectivity index (χ1v) is 10.5. The number of amides is 1. The van der Waals surface area contributed by atoms with Crippen LogP contribution in [-0.2, 0) is 9.53 Å². The standard InChI is InChI=1S/C26H21ClN2O3/c1-16-10-12-18(13-11-16)25-17(2)24(21-8-3-4-9-22(21)29-25)26(31)32-15-23(30)28-20-7-5-6-19(27)14-20/h3-14H,15H2,1-2H3,(H,28,30). The van der Waals surface area contributed by atoms with Gasteiger partial charge >= 0.3 is 5.97 Å². The van der Waals surface area contributed by atoms with Crippen LogP contribution in [0.2, 0.25) is 5.02 Å². The molecule has 0 aliphatic rings. The van der Waals surface area contributed by atoms with Crippen LogP contribution in [0.15, 0.2) is 72.8 Å². The number of pyridine rings is 1. The lowest BCUT2D eigenvalue weighted by atomic mass is 9.97. The lowest BCUT2D eigenvalue weighted by Gasteiger charge is -2.14. The van der Waals surface area contributed by atoms with Crippen molar-refractivity contribution in [3.63, 3.8) is 0 Å². The third-order valence-corrected chi connectivity index (χ3v) is 5.34. The molecule has 32 heavy (non-hydrogen) atoms. The molecule has 4 aromatic rings. The third kappa shape index (κ3) is 4.63. The van der Waals surface area contributed by atoms with Crippen molar-refractivity contribution < 1.29 is 14.3 Å². The van der Waals surface area contributed by atoms with Crippen LogP contribution in [0.3, 0.4) is 0 Å². The molecule has 1 aromatic heterocycles. The number of fused-ring (bicyclic) bond motifs is 1. The molecule has 0 saturated carbocycles. The zero-order valence-electron chi connectivity index (χ0n) is 17.7. The molecule has 5 nitrogen and oxygen atoms in total. The summed E-state index contributed by atoms with van der Waals surface area (Å²) in [6, 6.07) is 22.1. The van der Waals surface area contributed by atoms with Gasteiger partial charge in [0.1, 0.15) is 0 Å². The first-order chi connectivity index (χ1) is 15.4. The lowest BCUT2D eigenvalue weighted by Crippen LogP contribution is -2.21. The number of hydrogen-bond acceptors (Lipinski definition) is 4. The normalized spacial score (nSPS) is 10.7. The molecule has 0 atom stereocenters. The Hall–Kier alpha value is -3.70. The Morgan fingerprint density at radius 3 is 2.47 bits per heavy atom. The molecule has 1 amide bonds. The molecule has 1 heterocycles. The van der Waals surface area contributed by atoms with Gasteiger partial charge in [-0.2, -0.15) is 0 Å². The fraction of sp³-hybridized carbons (Fsp3) is 0.115. The predicted molar refractivity (Wildman–Crippen MR) is 127 cm³/mol. The monoisotopic (exact) mass is 444 g/mol. The number of para-hydroxylation sites is 1. The number of aryl methyl sites for hydroxylation is 1. The highest BCUT2D eigenvalue weighted by atomic mass is 35.5. The van der Waals surface area contributed by atoms with E-state index < -0.39 is 18.5 Å². The van der Waals surface area contributed by atoms with E-state index in [1.165, 1.54) is 0 Å². The van der Waals surface area contributed by atoms with Gasteiger partial charge in [0.25, 0.3) is 5.91 Å². The number of carbonyl (C=O) groups is 2. The van der Waals surface area contributed by atoms with Gasteiger partial charge in [0.05, 0.1) is 16.8 Å².